The molecule has 116 valence electrons. The van der Waals surface area contributed by atoms with E-state index in [9.17, 15) is 4.79 Å². The number of rotatable bonds is 4. The number of pyridine rings is 1. The molecule has 1 aliphatic heterocycles. The largest absolute Gasteiger partial charge is 0.318 e. The fraction of sp³-hybridized carbons (Fsp3) is 0.211. The highest BCUT2D eigenvalue weighted by atomic mass is 32.2. The Bertz CT molecular complexity index is 918. The molecule has 0 radical (unpaired) electrons. The molecular formula is C19H18N2OS. The summed E-state index contributed by atoms with van der Waals surface area (Å²) < 4.78 is 1.84. The van der Waals surface area contributed by atoms with Crippen molar-refractivity contribution >= 4 is 22.7 Å². The molecule has 2 atom stereocenters. The minimum atomic E-state index is 0.0360. The van der Waals surface area contributed by atoms with Gasteiger partial charge < -0.3 is 10.3 Å². The quantitative estimate of drug-likeness (QED) is 0.751. The van der Waals surface area contributed by atoms with E-state index in [0.717, 1.165) is 22.9 Å². The topological polar surface area (TPSA) is 48.0 Å². The van der Waals surface area contributed by atoms with Gasteiger partial charge in [0.25, 0.3) is 5.56 Å². The molecule has 2 unspecified atom stereocenters. The van der Waals surface area contributed by atoms with Crippen molar-refractivity contribution in [1.82, 2.24) is 4.57 Å². The van der Waals surface area contributed by atoms with Gasteiger partial charge in [-0.15, -0.1) is 11.8 Å². The number of benzene rings is 2. The summed E-state index contributed by atoms with van der Waals surface area (Å²) in [5.41, 5.74) is 9.33. The maximum Gasteiger partial charge on any atom is 0.251 e. The number of aromatic nitrogens is 1. The number of thioether (sulfide) groups is 1. The highest BCUT2D eigenvalue weighted by Crippen LogP contribution is 2.39. The van der Waals surface area contributed by atoms with Crippen molar-refractivity contribution in [3.8, 4) is 0 Å². The van der Waals surface area contributed by atoms with E-state index in [1.54, 1.807) is 6.07 Å². The van der Waals surface area contributed by atoms with Crippen LogP contribution in [0.5, 0.6) is 0 Å². The van der Waals surface area contributed by atoms with Gasteiger partial charge in [-0.2, -0.15) is 0 Å². The first kappa shape index (κ1) is 14.5. The van der Waals surface area contributed by atoms with Crippen LogP contribution >= 0.6 is 11.8 Å². The molecule has 0 amide bonds. The Morgan fingerprint density at radius 2 is 1.78 bits per heavy atom. The Balaban J connectivity index is 1.67. The summed E-state index contributed by atoms with van der Waals surface area (Å²) in [4.78, 5) is 12.3. The van der Waals surface area contributed by atoms with Crippen molar-refractivity contribution in [2.45, 2.75) is 23.6 Å². The van der Waals surface area contributed by atoms with Crippen LogP contribution in [0.4, 0.5) is 0 Å². The van der Waals surface area contributed by atoms with Gasteiger partial charge in [0.1, 0.15) is 0 Å². The zero-order chi connectivity index (χ0) is 15.8. The lowest BCUT2D eigenvalue weighted by atomic mass is 10.1. The van der Waals surface area contributed by atoms with Gasteiger partial charge in [0.05, 0.1) is 17.4 Å². The fourth-order valence-corrected chi connectivity index (χ4v) is 3.70. The normalized spacial score (nSPS) is 19.9. The third kappa shape index (κ3) is 3.05. The molecule has 3 aromatic rings. The number of nitrogens with zero attached hydrogens (tertiary/aromatic N) is 1. The Morgan fingerprint density at radius 1 is 1.00 bits per heavy atom. The van der Waals surface area contributed by atoms with Gasteiger partial charge in [-0.25, -0.2) is 0 Å². The number of fused-ring (bicyclic) bond motifs is 1. The van der Waals surface area contributed by atoms with Gasteiger partial charge in [-0.05, 0) is 35.1 Å². The Morgan fingerprint density at radius 3 is 2.61 bits per heavy atom. The molecule has 2 aromatic carbocycles. The number of hydrogen-bond acceptors (Lipinski definition) is 3. The van der Waals surface area contributed by atoms with E-state index in [4.69, 9.17) is 5.73 Å². The first-order valence-corrected chi connectivity index (χ1v) is 8.72. The second kappa shape index (κ2) is 5.87. The zero-order valence-corrected chi connectivity index (χ0v) is 13.5. The zero-order valence-electron chi connectivity index (χ0n) is 12.7. The van der Waals surface area contributed by atoms with E-state index in [-0.39, 0.29) is 5.56 Å². The Kier molecular flexibility index (Phi) is 3.71. The van der Waals surface area contributed by atoms with Crippen LogP contribution in [-0.2, 0) is 13.0 Å². The Labute approximate surface area is 139 Å². The second-order valence-electron chi connectivity index (χ2n) is 5.98. The smallest absolute Gasteiger partial charge is 0.251 e. The highest BCUT2D eigenvalue weighted by Gasteiger charge is 2.34. The summed E-state index contributed by atoms with van der Waals surface area (Å²) >= 11 is 1.82. The number of nitrogens with two attached hydrogens (primary N) is 1. The average Bonchev–Trinajstić information content (AvgIpc) is 3.25. The molecule has 3 nitrogen and oxygen atoms in total. The van der Waals surface area contributed by atoms with E-state index in [1.165, 1.54) is 5.56 Å². The van der Waals surface area contributed by atoms with Crippen molar-refractivity contribution in [1.29, 1.82) is 0 Å². The van der Waals surface area contributed by atoms with Crippen LogP contribution < -0.4 is 11.3 Å². The predicted octanol–water partition coefficient (Wildman–Crippen LogP) is 2.99. The molecule has 23 heavy (non-hydrogen) atoms. The minimum Gasteiger partial charge on any atom is -0.318 e. The molecule has 2 N–H and O–H groups in total. The molecule has 2 heterocycles. The van der Waals surface area contributed by atoms with E-state index < -0.39 is 0 Å². The number of hydrogen-bond donors (Lipinski definition) is 1. The van der Waals surface area contributed by atoms with Crippen LogP contribution in [0, 0.1) is 0 Å². The summed E-state index contributed by atoms with van der Waals surface area (Å²) in [6, 6.07) is 20.0. The molecular weight excluding hydrogens is 304 g/mol. The van der Waals surface area contributed by atoms with Crippen LogP contribution in [0.25, 0.3) is 10.9 Å². The molecule has 1 aromatic heterocycles. The highest BCUT2D eigenvalue weighted by molar-refractivity contribution is 8.07. The van der Waals surface area contributed by atoms with Gasteiger partial charge in [0.2, 0.25) is 0 Å². The maximum absolute atomic E-state index is 12.3. The summed E-state index contributed by atoms with van der Waals surface area (Å²) in [5, 5.41) is 1.92. The molecule has 4 heteroatoms. The molecule has 1 fully saturated rings. The van der Waals surface area contributed by atoms with Crippen LogP contribution in [0.3, 0.4) is 0 Å². The molecule has 0 spiro atoms. The van der Waals surface area contributed by atoms with E-state index in [2.05, 4.69) is 24.3 Å². The van der Waals surface area contributed by atoms with Crippen molar-refractivity contribution < 1.29 is 0 Å². The van der Waals surface area contributed by atoms with Gasteiger partial charge >= 0.3 is 0 Å². The maximum atomic E-state index is 12.3. The lowest BCUT2D eigenvalue weighted by molar-refractivity contribution is 0.791. The molecule has 0 aliphatic carbocycles. The van der Waals surface area contributed by atoms with Crippen LogP contribution in [0.1, 0.15) is 11.1 Å². The predicted molar refractivity (Wildman–Crippen MR) is 96.8 cm³/mol. The van der Waals surface area contributed by atoms with Gasteiger partial charge in [0.15, 0.2) is 0 Å². The SMILES string of the molecule is NC1SC1Cc1cccc(Cn2c(=O)ccc3ccccc32)c1. The second-order valence-corrected chi connectivity index (χ2v) is 7.40. The third-order valence-electron chi connectivity index (χ3n) is 4.29. The molecule has 1 aliphatic rings. The van der Waals surface area contributed by atoms with Crippen molar-refractivity contribution in [2.75, 3.05) is 0 Å². The lowest BCUT2D eigenvalue weighted by Gasteiger charge is -2.11. The summed E-state index contributed by atoms with van der Waals surface area (Å²) in [6.07, 6.45) is 1.00. The van der Waals surface area contributed by atoms with Crippen LogP contribution in [-0.4, -0.2) is 15.2 Å². The standard InChI is InChI=1S/C19H18N2OS/c20-19-17(23-19)11-13-4-3-5-14(10-13)12-21-16-7-2-1-6-15(16)8-9-18(21)22/h1-10,17,19H,11-12,20H2. The summed E-state index contributed by atoms with van der Waals surface area (Å²) in [6.45, 7) is 0.595. The van der Waals surface area contributed by atoms with Crippen LogP contribution in [0.2, 0.25) is 0 Å². The summed E-state index contributed by atoms with van der Waals surface area (Å²) in [7, 11) is 0. The van der Waals surface area contributed by atoms with Crippen molar-refractivity contribution in [3.63, 3.8) is 0 Å². The van der Waals surface area contributed by atoms with E-state index in [1.807, 2.05) is 46.7 Å². The first-order chi connectivity index (χ1) is 11.2. The average molecular weight is 322 g/mol. The third-order valence-corrected chi connectivity index (χ3v) is 5.43. The number of para-hydroxylation sites is 1. The van der Waals surface area contributed by atoms with Crippen molar-refractivity contribution in [2.24, 2.45) is 5.73 Å². The molecule has 0 saturated carbocycles. The fourth-order valence-electron chi connectivity index (χ4n) is 3.00. The molecule has 1 saturated heterocycles. The molecule has 0 bridgehead atoms. The van der Waals surface area contributed by atoms with Crippen molar-refractivity contribution in [3.05, 3.63) is 82.1 Å². The first-order valence-electron chi connectivity index (χ1n) is 7.78. The lowest BCUT2D eigenvalue weighted by Crippen LogP contribution is -2.20. The van der Waals surface area contributed by atoms with Gasteiger partial charge in [0, 0.05) is 11.3 Å². The summed E-state index contributed by atoms with van der Waals surface area (Å²) in [5.74, 6) is 0. The molecule has 4 rings (SSSR count). The van der Waals surface area contributed by atoms with Gasteiger partial charge in [-0.3, -0.25) is 4.79 Å². The van der Waals surface area contributed by atoms with Gasteiger partial charge in [-0.1, -0.05) is 42.5 Å². The monoisotopic (exact) mass is 322 g/mol. The van der Waals surface area contributed by atoms with E-state index in [0.29, 0.717) is 17.2 Å². The van der Waals surface area contributed by atoms with E-state index >= 15 is 0 Å². The minimum absolute atomic E-state index is 0.0360. The Hall–Kier alpha value is -2.04. The van der Waals surface area contributed by atoms with Crippen LogP contribution in [0.15, 0.2) is 65.5 Å².